The summed E-state index contributed by atoms with van der Waals surface area (Å²) in [7, 11) is 0. The first-order valence-electron chi connectivity index (χ1n) is 8.17. The highest BCUT2D eigenvalue weighted by atomic mass is 32.2. The zero-order valence-electron chi connectivity index (χ0n) is 13.8. The molecule has 8 heteroatoms. The molecule has 24 heavy (non-hydrogen) atoms. The summed E-state index contributed by atoms with van der Waals surface area (Å²) in [6.45, 7) is 0.979. The highest BCUT2D eigenvalue weighted by Crippen LogP contribution is 2.19. The van der Waals surface area contributed by atoms with E-state index in [1.54, 1.807) is 11.8 Å². The Balaban J connectivity index is 1.70. The summed E-state index contributed by atoms with van der Waals surface area (Å²) in [6.07, 6.45) is 5.38. The van der Waals surface area contributed by atoms with Crippen LogP contribution in [-0.4, -0.2) is 56.6 Å². The zero-order valence-corrected chi connectivity index (χ0v) is 15.4. The first-order valence-corrected chi connectivity index (χ1v) is 10.7. The van der Waals surface area contributed by atoms with Gasteiger partial charge in [-0.3, -0.25) is 9.20 Å². The second-order valence-corrected chi connectivity index (χ2v) is 7.95. The molecule has 1 amide bonds. The molecule has 0 bridgehead atoms. The fourth-order valence-electron chi connectivity index (χ4n) is 2.83. The van der Waals surface area contributed by atoms with Gasteiger partial charge in [0, 0.05) is 36.7 Å². The van der Waals surface area contributed by atoms with Crippen LogP contribution in [0.5, 0.6) is 0 Å². The standard InChI is InChI=1S/C16H23N5OS2/c1-23-8-5-13(16-20-19-14-4-2-3-7-21(14)16)18-15(22)10-12-11-24-9-6-17-12/h2-4,7,12-13,17H,5-6,8-11H2,1H3,(H,18,22). The number of fused-ring (bicyclic) bond motifs is 1. The Labute approximate surface area is 150 Å². The van der Waals surface area contributed by atoms with Crippen LogP contribution in [0.25, 0.3) is 5.65 Å². The topological polar surface area (TPSA) is 71.3 Å². The van der Waals surface area contributed by atoms with E-state index in [2.05, 4.69) is 27.1 Å². The van der Waals surface area contributed by atoms with Gasteiger partial charge in [0.05, 0.1) is 6.04 Å². The molecule has 1 aliphatic heterocycles. The summed E-state index contributed by atoms with van der Waals surface area (Å²) >= 11 is 3.68. The minimum atomic E-state index is -0.112. The molecule has 1 fully saturated rings. The highest BCUT2D eigenvalue weighted by Gasteiger charge is 2.22. The SMILES string of the molecule is CSCCC(NC(=O)CC1CSCCN1)c1nnc2ccccn12. The first-order chi connectivity index (χ1) is 11.8. The van der Waals surface area contributed by atoms with Gasteiger partial charge in [-0.15, -0.1) is 10.2 Å². The largest absolute Gasteiger partial charge is 0.346 e. The maximum absolute atomic E-state index is 12.5. The molecule has 3 heterocycles. The summed E-state index contributed by atoms with van der Waals surface area (Å²) < 4.78 is 1.96. The molecule has 2 aromatic rings. The molecule has 2 unspecified atom stereocenters. The number of pyridine rings is 1. The second kappa shape index (κ2) is 8.73. The zero-order chi connectivity index (χ0) is 16.8. The van der Waals surface area contributed by atoms with Crippen LogP contribution in [-0.2, 0) is 4.79 Å². The van der Waals surface area contributed by atoms with Crippen molar-refractivity contribution < 1.29 is 4.79 Å². The molecule has 0 radical (unpaired) electrons. The lowest BCUT2D eigenvalue weighted by molar-refractivity contribution is -0.122. The molecule has 2 aromatic heterocycles. The third-order valence-corrected chi connectivity index (χ3v) is 5.80. The van der Waals surface area contributed by atoms with Gasteiger partial charge in [-0.25, -0.2) is 0 Å². The van der Waals surface area contributed by atoms with Crippen molar-refractivity contribution in [1.82, 2.24) is 25.2 Å². The van der Waals surface area contributed by atoms with E-state index in [1.807, 2.05) is 40.6 Å². The number of hydrogen-bond donors (Lipinski definition) is 2. The third-order valence-electron chi connectivity index (χ3n) is 4.03. The van der Waals surface area contributed by atoms with Gasteiger partial charge in [-0.1, -0.05) is 6.07 Å². The Morgan fingerprint density at radius 2 is 2.46 bits per heavy atom. The smallest absolute Gasteiger partial charge is 0.222 e. The molecule has 130 valence electrons. The van der Waals surface area contributed by atoms with E-state index in [9.17, 15) is 4.79 Å². The maximum Gasteiger partial charge on any atom is 0.222 e. The molecular weight excluding hydrogens is 342 g/mol. The average Bonchev–Trinajstić information content (AvgIpc) is 3.03. The van der Waals surface area contributed by atoms with E-state index in [4.69, 9.17) is 0 Å². The van der Waals surface area contributed by atoms with Crippen LogP contribution in [0, 0.1) is 0 Å². The molecule has 6 nitrogen and oxygen atoms in total. The van der Waals surface area contributed by atoms with E-state index >= 15 is 0 Å². The summed E-state index contributed by atoms with van der Waals surface area (Å²) in [6, 6.07) is 5.97. The number of rotatable bonds is 7. The van der Waals surface area contributed by atoms with E-state index in [1.165, 1.54) is 0 Å². The van der Waals surface area contributed by atoms with Crippen LogP contribution in [0.15, 0.2) is 24.4 Å². The summed E-state index contributed by atoms with van der Waals surface area (Å²) in [5, 5.41) is 15.1. The number of carbonyl (C=O) groups excluding carboxylic acids is 1. The lowest BCUT2D eigenvalue weighted by Gasteiger charge is -2.24. The predicted octanol–water partition coefficient (Wildman–Crippen LogP) is 1.73. The average molecular weight is 366 g/mol. The fraction of sp³-hybridized carbons (Fsp3) is 0.562. The molecule has 2 N–H and O–H groups in total. The Kier molecular flexibility index (Phi) is 6.39. The number of thioether (sulfide) groups is 2. The summed E-state index contributed by atoms with van der Waals surface area (Å²) in [5.41, 5.74) is 0.807. The molecule has 2 atom stereocenters. The molecule has 0 spiro atoms. The summed E-state index contributed by atoms with van der Waals surface area (Å²) in [4.78, 5) is 12.5. The van der Waals surface area contributed by atoms with Crippen molar-refractivity contribution in [3.05, 3.63) is 30.2 Å². The van der Waals surface area contributed by atoms with E-state index in [-0.39, 0.29) is 18.0 Å². The minimum Gasteiger partial charge on any atom is -0.346 e. The van der Waals surface area contributed by atoms with Crippen molar-refractivity contribution in [1.29, 1.82) is 0 Å². The molecule has 0 aromatic carbocycles. The Hall–Kier alpha value is -1.25. The molecule has 0 saturated carbocycles. The normalized spacial score (nSPS) is 19.3. The van der Waals surface area contributed by atoms with E-state index < -0.39 is 0 Å². The van der Waals surface area contributed by atoms with Crippen LogP contribution in [0.3, 0.4) is 0 Å². The van der Waals surface area contributed by atoms with Crippen LogP contribution in [0.4, 0.5) is 0 Å². The van der Waals surface area contributed by atoms with Crippen LogP contribution >= 0.6 is 23.5 Å². The lowest BCUT2D eigenvalue weighted by Crippen LogP contribution is -2.42. The van der Waals surface area contributed by atoms with Gasteiger partial charge in [0.2, 0.25) is 5.91 Å². The summed E-state index contributed by atoms with van der Waals surface area (Å²) in [5.74, 6) is 3.97. The van der Waals surface area contributed by atoms with Gasteiger partial charge < -0.3 is 10.6 Å². The first kappa shape index (κ1) is 17.6. The number of amides is 1. The van der Waals surface area contributed by atoms with Crippen LogP contribution < -0.4 is 10.6 Å². The van der Waals surface area contributed by atoms with Gasteiger partial charge in [0.1, 0.15) is 0 Å². The van der Waals surface area contributed by atoms with Crippen molar-refractivity contribution >= 4 is 35.1 Å². The molecule has 3 rings (SSSR count). The number of nitrogens with zero attached hydrogens (tertiary/aromatic N) is 3. The van der Waals surface area contributed by atoms with Crippen molar-refractivity contribution in [2.24, 2.45) is 0 Å². The molecular formula is C16H23N5OS2. The van der Waals surface area contributed by atoms with Gasteiger partial charge in [-0.2, -0.15) is 23.5 Å². The maximum atomic E-state index is 12.5. The van der Waals surface area contributed by atoms with E-state index in [0.717, 1.165) is 41.7 Å². The lowest BCUT2D eigenvalue weighted by atomic mass is 10.1. The van der Waals surface area contributed by atoms with E-state index in [0.29, 0.717) is 6.42 Å². The third kappa shape index (κ3) is 4.43. The minimum absolute atomic E-state index is 0.0776. The number of carbonyl (C=O) groups is 1. The van der Waals surface area contributed by atoms with Crippen molar-refractivity contribution in [2.45, 2.75) is 24.9 Å². The highest BCUT2D eigenvalue weighted by molar-refractivity contribution is 7.99. The quantitative estimate of drug-likeness (QED) is 0.779. The second-order valence-electron chi connectivity index (χ2n) is 5.82. The number of nitrogens with one attached hydrogen (secondary N) is 2. The molecule has 0 aliphatic carbocycles. The Morgan fingerprint density at radius 3 is 3.25 bits per heavy atom. The van der Waals surface area contributed by atoms with Crippen LogP contribution in [0.2, 0.25) is 0 Å². The monoisotopic (exact) mass is 365 g/mol. The Morgan fingerprint density at radius 1 is 1.54 bits per heavy atom. The van der Waals surface area contributed by atoms with Crippen molar-refractivity contribution in [3.63, 3.8) is 0 Å². The predicted molar refractivity (Wildman–Crippen MR) is 101 cm³/mol. The van der Waals surface area contributed by atoms with Gasteiger partial charge in [0.15, 0.2) is 11.5 Å². The van der Waals surface area contributed by atoms with Gasteiger partial charge >= 0.3 is 0 Å². The molecule has 1 saturated heterocycles. The number of hydrogen-bond acceptors (Lipinski definition) is 6. The van der Waals surface area contributed by atoms with Crippen molar-refractivity contribution in [2.75, 3.05) is 30.1 Å². The molecule has 1 aliphatic rings. The van der Waals surface area contributed by atoms with Crippen molar-refractivity contribution in [3.8, 4) is 0 Å². The van der Waals surface area contributed by atoms with Gasteiger partial charge in [-0.05, 0) is 30.6 Å². The van der Waals surface area contributed by atoms with Gasteiger partial charge in [0.25, 0.3) is 0 Å². The Bertz CT molecular complexity index is 671. The van der Waals surface area contributed by atoms with Crippen LogP contribution in [0.1, 0.15) is 24.7 Å². The fourth-order valence-corrected chi connectivity index (χ4v) is 4.25. The number of aromatic nitrogens is 3.